The topological polar surface area (TPSA) is 115 Å². The minimum Gasteiger partial charge on any atom is -0.385 e. The van der Waals surface area contributed by atoms with Crippen LogP contribution in [0.5, 0.6) is 0 Å². The van der Waals surface area contributed by atoms with Gasteiger partial charge in [0.2, 0.25) is 11.9 Å². The quantitative estimate of drug-likeness (QED) is 0.152. The van der Waals surface area contributed by atoms with Gasteiger partial charge >= 0.3 is 0 Å². The number of nitrogens with two attached hydrogens (primary N) is 2. The molecule has 0 aromatic heterocycles. The molecule has 0 atom stereocenters. The summed E-state index contributed by atoms with van der Waals surface area (Å²) in [6.45, 7) is 4.93. The zero-order valence-corrected chi connectivity index (χ0v) is 10.7. The number of aliphatic imine (C=N–C) groups is 1. The molecule has 0 fully saturated rings. The van der Waals surface area contributed by atoms with Gasteiger partial charge in [0.25, 0.3) is 0 Å². The molecule has 100 valence electrons. The van der Waals surface area contributed by atoms with Gasteiger partial charge in [-0.1, -0.05) is 0 Å². The highest BCUT2D eigenvalue weighted by molar-refractivity contribution is 5.81. The Labute approximate surface area is 102 Å². The summed E-state index contributed by atoms with van der Waals surface area (Å²) >= 11 is 0. The van der Waals surface area contributed by atoms with Crippen molar-refractivity contribution in [3.8, 4) is 0 Å². The monoisotopic (exact) mass is 245 g/mol. The molecule has 0 spiro atoms. The van der Waals surface area contributed by atoms with Crippen LogP contribution in [-0.4, -0.2) is 37.7 Å². The summed E-state index contributed by atoms with van der Waals surface area (Å²) in [7, 11) is 1.64. The van der Waals surface area contributed by atoms with Crippen molar-refractivity contribution >= 4 is 11.9 Å². The molecule has 0 aromatic rings. The molecule has 0 rings (SSSR count). The fourth-order valence-corrected chi connectivity index (χ4v) is 1.32. The number of nitrogens with zero attached hydrogens (tertiary/aromatic N) is 1. The molecular formula is C10H23N5O2. The Morgan fingerprint density at radius 2 is 2.12 bits per heavy atom. The highest BCUT2D eigenvalue weighted by Crippen LogP contribution is 2.06. The van der Waals surface area contributed by atoms with Gasteiger partial charge < -0.3 is 15.8 Å². The maximum atomic E-state index is 10.9. The van der Waals surface area contributed by atoms with E-state index in [4.69, 9.17) is 16.3 Å². The number of methoxy groups -OCH3 is 1. The average molecular weight is 245 g/mol. The number of amides is 1. The first-order chi connectivity index (χ1) is 7.91. The van der Waals surface area contributed by atoms with E-state index >= 15 is 0 Å². The third-order valence-corrected chi connectivity index (χ3v) is 1.99. The summed E-state index contributed by atoms with van der Waals surface area (Å²) in [5.74, 6) is 5.40. The summed E-state index contributed by atoms with van der Waals surface area (Å²) in [6, 6.07) is 0. The first-order valence-corrected chi connectivity index (χ1v) is 5.48. The number of hydrogen-bond acceptors (Lipinski definition) is 4. The number of primary amides is 1. The van der Waals surface area contributed by atoms with Crippen LogP contribution in [0.15, 0.2) is 4.99 Å². The van der Waals surface area contributed by atoms with E-state index in [-0.39, 0.29) is 12.3 Å². The lowest BCUT2D eigenvalue weighted by Gasteiger charge is -2.26. The van der Waals surface area contributed by atoms with Crippen LogP contribution < -0.4 is 22.3 Å². The number of rotatable bonds is 7. The minimum atomic E-state index is -0.488. The van der Waals surface area contributed by atoms with Crippen LogP contribution in [0.1, 0.15) is 26.7 Å². The van der Waals surface area contributed by atoms with E-state index in [9.17, 15) is 4.79 Å². The van der Waals surface area contributed by atoms with E-state index in [0.717, 1.165) is 6.42 Å². The molecule has 0 saturated heterocycles. The van der Waals surface area contributed by atoms with Crippen LogP contribution >= 0.6 is 0 Å². The van der Waals surface area contributed by atoms with Crippen molar-refractivity contribution in [1.82, 2.24) is 10.7 Å². The molecule has 1 amide bonds. The van der Waals surface area contributed by atoms with E-state index in [0.29, 0.717) is 19.1 Å². The summed E-state index contributed by atoms with van der Waals surface area (Å²) in [6.07, 6.45) is 1.01. The van der Waals surface area contributed by atoms with Gasteiger partial charge in [0, 0.05) is 32.2 Å². The summed E-state index contributed by atoms with van der Waals surface area (Å²) in [4.78, 5) is 15.1. The number of guanidine groups is 1. The van der Waals surface area contributed by atoms with E-state index in [1.54, 1.807) is 7.11 Å². The van der Waals surface area contributed by atoms with Crippen molar-refractivity contribution in [3.05, 3.63) is 0 Å². The first kappa shape index (κ1) is 15.7. The SMILES string of the molecule is COCCCN=C(NN)NC(C)(C)CC(N)=O. The Morgan fingerprint density at radius 3 is 2.59 bits per heavy atom. The van der Waals surface area contributed by atoms with Crippen molar-refractivity contribution in [1.29, 1.82) is 0 Å². The average Bonchev–Trinajstić information content (AvgIpc) is 2.20. The molecule has 0 unspecified atom stereocenters. The molecule has 0 bridgehead atoms. The highest BCUT2D eigenvalue weighted by atomic mass is 16.5. The van der Waals surface area contributed by atoms with Crippen molar-refractivity contribution in [2.45, 2.75) is 32.2 Å². The molecule has 0 saturated carbocycles. The predicted molar refractivity (Wildman–Crippen MR) is 67.1 cm³/mol. The minimum absolute atomic E-state index is 0.200. The zero-order chi connectivity index (χ0) is 13.3. The molecule has 0 radical (unpaired) electrons. The van der Waals surface area contributed by atoms with Gasteiger partial charge in [-0.25, -0.2) is 5.84 Å². The van der Waals surface area contributed by atoms with Crippen LogP contribution in [0.2, 0.25) is 0 Å². The van der Waals surface area contributed by atoms with Crippen molar-refractivity contribution < 1.29 is 9.53 Å². The highest BCUT2D eigenvalue weighted by Gasteiger charge is 2.21. The number of carbonyl (C=O) groups is 1. The standard InChI is InChI=1S/C10H23N5O2/c1-10(2,7-8(11)16)14-9(15-12)13-5-4-6-17-3/h4-7,12H2,1-3H3,(H2,11,16)(H2,13,14,15). The molecule has 0 heterocycles. The molecule has 6 N–H and O–H groups in total. The summed E-state index contributed by atoms with van der Waals surface area (Å²) in [5.41, 5.74) is 7.11. The lowest BCUT2D eigenvalue weighted by Crippen LogP contribution is -2.52. The number of hydrogen-bond donors (Lipinski definition) is 4. The van der Waals surface area contributed by atoms with E-state index < -0.39 is 5.54 Å². The van der Waals surface area contributed by atoms with E-state index in [2.05, 4.69) is 15.7 Å². The van der Waals surface area contributed by atoms with Gasteiger partial charge in [0.15, 0.2) is 0 Å². The molecule has 7 nitrogen and oxygen atoms in total. The number of ether oxygens (including phenoxy) is 1. The van der Waals surface area contributed by atoms with Gasteiger partial charge in [-0.2, -0.15) is 0 Å². The Bertz CT molecular complexity index is 265. The van der Waals surface area contributed by atoms with Crippen LogP contribution in [-0.2, 0) is 9.53 Å². The summed E-state index contributed by atoms with van der Waals surface area (Å²) in [5, 5.41) is 3.02. The largest absolute Gasteiger partial charge is 0.385 e. The van der Waals surface area contributed by atoms with Gasteiger partial charge in [0.1, 0.15) is 0 Å². The van der Waals surface area contributed by atoms with Crippen molar-refractivity contribution in [3.63, 3.8) is 0 Å². The van der Waals surface area contributed by atoms with Crippen LogP contribution in [0.25, 0.3) is 0 Å². The van der Waals surface area contributed by atoms with Crippen LogP contribution in [0.4, 0.5) is 0 Å². The smallest absolute Gasteiger partial charge is 0.219 e. The van der Waals surface area contributed by atoms with Gasteiger partial charge in [-0.05, 0) is 20.3 Å². The first-order valence-electron chi connectivity index (χ1n) is 5.48. The van der Waals surface area contributed by atoms with Crippen LogP contribution in [0, 0.1) is 0 Å². The molecule has 7 heteroatoms. The van der Waals surface area contributed by atoms with Gasteiger partial charge in [0.05, 0.1) is 0 Å². The molecule has 0 aliphatic carbocycles. The van der Waals surface area contributed by atoms with E-state index in [1.807, 2.05) is 13.8 Å². The third kappa shape index (κ3) is 8.47. The number of nitrogens with one attached hydrogen (secondary N) is 2. The lowest BCUT2D eigenvalue weighted by molar-refractivity contribution is -0.119. The fraction of sp³-hybridized carbons (Fsp3) is 0.800. The maximum Gasteiger partial charge on any atom is 0.219 e. The van der Waals surface area contributed by atoms with Crippen LogP contribution in [0.3, 0.4) is 0 Å². The zero-order valence-electron chi connectivity index (χ0n) is 10.7. The number of hydrazine groups is 1. The Balaban J connectivity index is 4.22. The molecular weight excluding hydrogens is 222 g/mol. The van der Waals surface area contributed by atoms with Crippen molar-refractivity contribution in [2.24, 2.45) is 16.6 Å². The molecule has 0 aromatic carbocycles. The normalized spacial score (nSPS) is 12.4. The second kappa shape index (κ2) is 7.86. The Hall–Kier alpha value is -1.34. The second-order valence-electron chi connectivity index (χ2n) is 4.37. The van der Waals surface area contributed by atoms with Crippen molar-refractivity contribution in [2.75, 3.05) is 20.3 Å². The maximum absolute atomic E-state index is 10.9. The third-order valence-electron chi connectivity index (χ3n) is 1.99. The fourth-order valence-electron chi connectivity index (χ4n) is 1.32. The van der Waals surface area contributed by atoms with Gasteiger partial charge in [-0.3, -0.25) is 15.2 Å². The Morgan fingerprint density at radius 1 is 1.47 bits per heavy atom. The van der Waals surface area contributed by atoms with Gasteiger partial charge in [-0.15, -0.1) is 0 Å². The van der Waals surface area contributed by atoms with E-state index in [1.165, 1.54) is 0 Å². The number of carbonyl (C=O) groups excluding carboxylic acids is 1. The lowest BCUT2D eigenvalue weighted by atomic mass is 10.0. The predicted octanol–water partition coefficient (Wildman–Crippen LogP) is -0.914. The summed E-state index contributed by atoms with van der Waals surface area (Å²) < 4.78 is 4.91. The molecule has 17 heavy (non-hydrogen) atoms. The molecule has 0 aliphatic rings. The second-order valence-corrected chi connectivity index (χ2v) is 4.37. The molecule has 0 aliphatic heterocycles. The Kier molecular flexibility index (Phi) is 7.24.